The lowest BCUT2D eigenvalue weighted by Gasteiger charge is -2.10. The van der Waals surface area contributed by atoms with Gasteiger partial charge in [0.15, 0.2) is 0 Å². The molecule has 0 saturated carbocycles. The molecular formula is C22H27N3O. The van der Waals surface area contributed by atoms with Crippen LogP contribution in [0.25, 0.3) is 11.0 Å². The minimum atomic E-state index is 0.144. The molecule has 0 spiro atoms. The Bertz CT molecular complexity index is 839. The van der Waals surface area contributed by atoms with Gasteiger partial charge in [-0.2, -0.15) is 0 Å². The van der Waals surface area contributed by atoms with Crippen LogP contribution in [0.4, 0.5) is 0 Å². The Balaban J connectivity index is 1.67. The topological polar surface area (TPSA) is 46.9 Å². The second-order valence-corrected chi connectivity index (χ2v) is 6.61. The van der Waals surface area contributed by atoms with E-state index in [0.29, 0.717) is 13.0 Å². The lowest BCUT2D eigenvalue weighted by Crippen LogP contribution is -2.24. The number of hydrogen-bond donors (Lipinski definition) is 1. The first-order chi connectivity index (χ1) is 12.8. The van der Waals surface area contributed by atoms with Gasteiger partial charge in [-0.05, 0) is 37.0 Å². The van der Waals surface area contributed by atoms with E-state index in [1.165, 1.54) is 11.1 Å². The van der Waals surface area contributed by atoms with Crippen molar-refractivity contribution < 1.29 is 4.79 Å². The summed E-state index contributed by atoms with van der Waals surface area (Å²) < 4.78 is 2.33. The zero-order chi connectivity index (χ0) is 18.2. The second-order valence-electron chi connectivity index (χ2n) is 6.61. The van der Waals surface area contributed by atoms with Crippen LogP contribution in [0.5, 0.6) is 0 Å². The van der Waals surface area contributed by atoms with Crippen LogP contribution in [-0.2, 0) is 24.2 Å². The summed E-state index contributed by atoms with van der Waals surface area (Å²) in [6, 6.07) is 18.9. The fourth-order valence-corrected chi connectivity index (χ4v) is 3.24. The normalized spacial score (nSPS) is 11.0. The summed E-state index contributed by atoms with van der Waals surface area (Å²) in [5, 5.41) is 2.99. The molecule has 1 N–H and O–H groups in total. The SMILES string of the molecule is CCCC(=O)NCCCc1nc2ccccc2n1CCc1ccccc1. The monoisotopic (exact) mass is 349 g/mol. The van der Waals surface area contributed by atoms with Crippen LogP contribution in [-0.4, -0.2) is 22.0 Å². The number of aryl methyl sites for hydroxylation is 3. The zero-order valence-electron chi connectivity index (χ0n) is 15.4. The number of benzene rings is 2. The van der Waals surface area contributed by atoms with E-state index < -0.39 is 0 Å². The molecule has 0 atom stereocenters. The van der Waals surface area contributed by atoms with Crippen LogP contribution < -0.4 is 5.32 Å². The molecular weight excluding hydrogens is 322 g/mol. The van der Waals surface area contributed by atoms with Crippen molar-refractivity contribution in [1.29, 1.82) is 0 Å². The van der Waals surface area contributed by atoms with Gasteiger partial charge in [-0.15, -0.1) is 0 Å². The quantitative estimate of drug-likeness (QED) is 0.591. The third-order valence-corrected chi connectivity index (χ3v) is 4.58. The molecule has 4 heteroatoms. The summed E-state index contributed by atoms with van der Waals surface area (Å²) in [5.74, 6) is 1.25. The molecule has 0 saturated heterocycles. The number of imidazole rings is 1. The summed E-state index contributed by atoms with van der Waals surface area (Å²) in [6.45, 7) is 3.65. The number of carbonyl (C=O) groups excluding carboxylic acids is 1. The molecule has 3 aromatic rings. The number of rotatable bonds is 9. The van der Waals surface area contributed by atoms with Crippen LogP contribution in [0.15, 0.2) is 54.6 Å². The first-order valence-corrected chi connectivity index (χ1v) is 9.52. The molecule has 2 aromatic carbocycles. The molecule has 0 radical (unpaired) electrons. The lowest BCUT2D eigenvalue weighted by molar-refractivity contribution is -0.121. The first kappa shape index (κ1) is 18.2. The van der Waals surface area contributed by atoms with Gasteiger partial charge in [0.2, 0.25) is 5.91 Å². The van der Waals surface area contributed by atoms with E-state index in [1.807, 2.05) is 19.1 Å². The maximum atomic E-state index is 11.6. The molecule has 0 aliphatic carbocycles. The third-order valence-electron chi connectivity index (χ3n) is 4.58. The number of nitrogens with one attached hydrogen (secondary N) is 1. The molecule has 4 nitrogen and oxygen atoms in total. The van der Waals surface area contributed by atoms with Crippen LogP contribution in [0, 0.1) is 0 Å². The standard InChI is InChI=1S/C22H27N3O/c1-2-9-22(26)23-16-8-14-21-24-19-12-6-7-13-20(19)25(21)17-15-18-10-4-3-5-11-18/h3-7,10-13H,2,8-9,14-17H2,1H3,(H,23,26). The number of aromatic nitrogens is 2. The highest BCUT2D eigenvalue weighted by Crippen LogP contribution is 2.18. The summed E-state index contributed by atoms with van der Waals surface area (Å²) >= 11 is 0. The Morgan fingerprint density at radius 1 is 1.04 bits per heavy atom. The predicted octanol–water partition coefficient (Wildman–Crippen LogP) is 4.13. The van der Waals surface area contributed by atoms with E-state index in [-0.39, 0.29) is 5.91 Å². The molecule has 26 heavy (non-hydrogen) atoms. The Kier molecular flexibility index (Phi) is 6.42. The van der Waals surface area contributed by atoms with Crippen LogP contribution in [0.2, 0.25) is 0 Å². The second kappa shape index (κ2) is 9.18. The van der Waals surface area contributed by atoms with Crippen molar-refractivity contribution in [3.8, 4) is 0 Å². The van der Waals surface area contributed by atoms with Gasteiger partial charge in [0.1, 0.15) is 5.82 Å². The lowest BCUT2D eigenvalue weighted by atomic mass is 10.1. The van der Waals surface area contributed by atoms with Gasteiger partial charge in [-0.3, -0.25) is 4.79 Å². The highest BCUT2D eigenvalue weighted by Gasteiger charge is 2.10. The minimum absolute atomic E-state index is 0.144. The Hall–Kier alpha value is -2.62. The van der Waals surface area contributed by atoms with Crippen molar-refractivity contribution in [2.45, 2.75) is 45.6 Å². The van der Waals surface area contributed by atoms with Crippen molar-refractivity contribution in [1.82, 2.24) is 14.9 Å². The third kappa shape index (κ3) is 4.72. The van der Waals surface area contributed by atoms with Crippen molar-refractivity contribution in [3.63, 3.8) is 0 Å². The molecule has 0 fully saturated rings. The molecule has 136 valence electrons. The van der Waals surface area contributed by atoms with Crippen molar-refractivity contribution in [2.75, 3.05) is 6.54 Å². The predicted molar refractivity (Wildman–Crippen MR) is 106 cm³/mol. The molecule has 0 aliphatic rings. The van der Waals surface area contributed by atoms with Crippen LogP contribution in [0.1, 0.15) is 37.6 Å². The maximum Gasteiger partial charge on any atom is 0.219 e. The summed E-state index contributed by atoms with van der Waals surface area (Å²) in [6.07, 6.45) is 4.26. The molecule has 0 bridgehead atoms. The largest absolute Gasteiger partial charge is 0.356 e. The van der Waals surface area contributed by atoms with Gasteiger partial charge in [-0.25, -0.2) is 4.98 Å². The van der Waals surface area contributed by atoms with Gasteiger partial charge < -0.3 is 9.88 Å². The summed E-state index contributed by atoms with van der Waals surface area (Å²) in [4.78, 5) is 16.4. The molecule has 1 amide bonds. The molecule has 1 heterocycles. The van der Waals surface area contributed by atoms with Gasteiger partial charge in [0.05, 0.1) is 11.0 Å². The maximum absolute atomic E-state index is 11.6. The van der Waals surface area contributed by atoms with E-state index in [2.05, 4.69) is 52.3 Å². The van der Waals surface area contributed by atoms with Gasteiger partial charge in [0, 0.05) is 25.9 Å². The number of amides is 1. The van der Waals surface area contributed by atoms with E-state index in [1.54, 1.807) is 0 Å². The number of carbonyl (C=O) groups is 1. The van der Waals surface area contributed by atoms with Gasteiger partial charge >= 0.3 is 0 Å². The fourth-order valence-electron chi connectivity index (χ4n) is 3.24. The van der Waals surface area contributed by atoms with Gasteiger partial charge in [0.25, 0.3) is 0 Å². The van der Waals surface area contributed by atoms with Crippen molar-refractivity contribution in [2.24, 2.45) is 0 Å². The van der Waals surface area contributed by atoms with Crippen LogP contribution in [0.3, 0.4) is 0 Å². The molecule has 0 unspecified atom stereocenters. The number of nitrogens with zero attached hydrogens (tertiary/aromatic N) is 2. The van der Waals surface area contributed by atoms with E-state index in [9.17, 15) is 4.79 Å². The van der Waals surface area contributed by atoms with Crippen molar-refractivity contribution >= 4 is 16.9 Å². The Morgan fingerprint density at radius 2 is 1.81 bits per heavy atom. The highest BCUT2D eigenvalue weighted by atomic mass is 16.1. The van der Waals surface area contributed by atoms with E-state index in [0.717, 1.165) is 43.6 Å². The van der Waals surface area contributed by atoms with E-state index >= 15 is 0 Å². The average Bonchev–Trinajstić information content (AvgIpc) is 3.02. The molecule has 0 aliphatic heterocycles. The summed E-state index contributed by atoms with van der Waals surface area (Å²) in [5.41, 5.74) is 3.57. The van der Waals surface area contributed by atoms with E-state index in [4.69, 9.17) is 4.98 Å². The van der Waals surface area contributed by atoms with Crippen molar-refractivity contribution in [3.05, 3.63) is 66.0 Å². The number of fused-ring (bicyclic) bond motifs is 1. The Morgan fingerprint density at radius 3 is 2.62 bits per heavy atom. The molecule has 3 rings (SSSR count). The van der Waals surface area contributed by atoms with Crippen LogP contribution >= 0.6 is 0 Å². The first-order valence-electron chi connectivity index (χ1n) is 9.52. The number of para-hydroxylation sites is 2. The molecule has 1 aromatic heterocycles. The smallest absolute Gasteiger partial charge is 0.219 e. The Labute approximate surface area is 155 Å². The minimum Gasteiger partial charge on any atom is -0.356 e. The highest BCUT2D eigenvalue weighted by molar-refractivity contribution is 5.76. The number of hydrogen-bond acceptors (Lipinski definition) is 2. The fraction of sp³-hybridized carbons (Fsp3) is 0.364. The summed E-state index contributed by atoms with van der Waals surface area (Å²) in [7, 11) is 0. The zero-order valence-corrected chi connectivity index (χ0v) is 15.4. The average molecular weight is 349 g/mol. The van der Waals surface area contributed by atoms with Gasteiger partial charge in [-0.1, -0.05) is 49.4 Å².